The van der Waals surface area contributed by atoms with Crippen LogP contribution in [-0.2, 0) is 4.74 Å². The largest absolute Gasteiger partial charge is 0.366 e. The van der Waals surface area contributed by atoms with Crippen molar-refractivity contribution in [2.45, 2.75) is 38.9 Å². The number of hydrogen-bond acceptors (Lipinski definition) is 3. The second-order valence-electron chi connectivity index (χ2n) is 6.30. The average molecular weight is 326 g/mol. The summed E-state index contributed by atoms with van der Waals surface area (Å²) in [7, 11) is 0. The molecule has 1 aromatic carbocycles. The number of carbonyl (C=O) groups is 1. The number of benzene rings is 1. The molecule has 1 aliphatic heterocycles. The summed E-state index contributed by atoms with van der Waals surface area (Å²) in [6, 6.07) is 5.84. The molecule has 1 aliphatic rings. The quantitative estimate of drug-likeness (QED) is 0.777. The monoisotopic (exact) mass is 325 g/mol. The number of nitrogens with zero attached hydrogens (tertiary/aromatic N) is 1. The molecule has 0 aromatic heterocycles. The van der Waals surface area contributed by atoms with Crippen LogP contribution >= 0.6 is 15.9 Å². The summed E-state index contributed by atoms with van der Waals surface area (Å²) < 4.78 is 6.91. The molecule has 0 aliphatic carbocycles. The minimum atomic E-state index is -0.183. The van der Waals surface area contributed by atoms with Crippen LogP contribution in [0.25, 0.3) is 0 Å². The van der Waals surface area contributed by atoms with Crippen LogP contribution in [0, 0.1) is 0 Å². The number of rotatable bonds is 2. The maximum Gasteiger partial charge on any atom is 0.151 e. The number of halogens is 1. The fourth-order valence-corrected chi connectivity index (χ4v) is 3.24. The first-order chi connectivity index (χ1) is 8.72. The summed E-state index contributed by atoms with van der Waals surface area (Å²) >= 11 is 3.44. The lowest BCUT2D eigenvalue weighted by Gasteiger charge is -2.48. The Bertz CT molecular complexity index is 481. The first-order valence-corrected chi connectivity index (χ1v) is 7.22. The molecule has 0 unspecified atom stereocenters. The SMILES string of the molecule is CC1(C)CN(c2ccc(C=O)c(Br)c2)CC(C)(C)O1. The van der Waals surface area contributed by atoms with E-state index in [1.165, 1.54) is 0 Å². The van der Waals surface area contributed by atoms with Crippen molar-refractivity contribution < 1.29 is 9.53 Å². The molecule has 104 valence electrons. The second-order valence-corrected chi connectivity index (χ2v) is 7.16. The fraction of sp³-hybridized carbons (Fsp3) is 0.533. The molecule has 4 heteroatoms. The van der Waals surface area contributed by atoms with Crippen LogP contribution in [0.4, 0.5) is 5.69 Å². The van der Waals surface area contributed by atoms with Gasteiger partial charge in [-0.15, -0.1) is 0 Å². The van der Waals surface area contributed by atoms with E-state index in [2.05, 4.69) is 48.5 Å². The number of hydrogen-bond donors (Lipinski definition) is 0. The highest BCUT2D eigenvalue weighted by Gasteiger charge is 2.38. The third kappa shape index (κ3) is 3.37. The summed E-state index contributed by atoms with van der Waals surface area (Å²) in [6.45, 7) is 10.1. The van der Waals surface area contributed by atoms with E-state index in [0.717, 1.165) is 29.5 Å². The first kappa shape index (κ1) is 14.5. The molecule has 0 atom stereocenters. The molecule has 1 fully saturated rings. The molecule has 0 radical (unpaired) electrons. The van der Waals surface area contributed by atoms with Gasteiger partial charge in [-0.2, -0.15) is 0 Å². The molecule has 1 aromatic rings. The predicted molar refractivity (Wildman–Crippen MR) is 81.0 cm³/mol. The summed E-state index contributed by atoms with van der Waals surface area (Å²) in [5.41, 5.74) is 1.42. The maximum absolute atomic E-state index is 10.9. The van der Waals surface area contributed by atoms with Gasteiger partial charge in [-0.25, -0.2) is 0 Å². The lowest BCUT2D eigenvalue weighted by molar-refractivity contribution is -0.133. The van der Waals surface area contributed by atoms with Crippen LogP contribution in [0.15, 0.2) is 22.7 Å². The van der Waals surface area contributed by atoms with Gasteiger partial charge >= 0.3 is 0 Å². The van der Waals surface area contributed by atoms with E-state index < -0.39 is 0 Å². The molecule has 1 heterocycles. The van der Waals surface area contributed by atoms with Crippen molar-refractivity contribution in [3.8, 4) is 0 Å². The third-order valence-electron chi connectivity index (χ3n) is 3.17. The van der Waals surface area contributed by atoms with Gasteiger partial charge in [0.05, 0.1) is 11.2 Å². The molecule has 1 saturated heterocycles. The molecule has 0 amide bonds. The van der Waals surface area contributed by atoms with Gasteiger partial charge in [0.2, 0.25) is 0 Å². The molecule has 19 heavy (non-hydrogen) atoms. The number of morpholine rings is 1. The Morgan fingerprint density at radius 1 is 1.21 bits per heavy atom. The molecule has 0 bridgehead atoms. The van der Waals surface area contributed by atoms with Crippen molar-refractivity contribution in [2.24, 2.45) is 0 Å². The van der Waals surface area contributed by atoms with Crippen LogP contribution < -0.4 is 4.90 Å². The van der Waals surface area contributed by atoms with Gasteiger partial charge in [0, 0.05) is 28.8 Å². The van der Waals surface area contributed by atoms with Crippen molar-refractivity contribution >= 4 is 27.9 Å². The zero-order chi connectivity index (χ0) is 14.3. The van der Waals surface area contributed by atoms with E-state index in [4.69, 9.17) is 4.74 Å². The summed E-state index contributed by atoms with van der Waals surface area (Å²) in [5.74, 6) is 0. The molecule has 0 N–H and O–H groups in total. The lowest BCUT2D eigenvalue weighted by Crippen LogP contribution is -2.57. The number of anilines is 1. The summed E-state index contributed by atoms with van der Waals surface area (Å²) in [5, 5.41) is 0. The van der Waals surface area contributed by atoms with Crippen LogP contribution in [0.5, 0.6) is 0 Å². The zero-order valence-electron chi connectivity index (χ0n) is 11.9. The highest BCUT2D eigenvalue weighted by atomic mass is 79.9. The zero-order valence-corrected chi connectivity index (χ0v) is 13.5. The van der Waals surface area contributed by atoms with Crippen molar-refractivity contribution in [3.05, 3.63) is 28.2 Å². The van der Waals surface area contributed by atoms with E-state index in [0.29, 0.717) is 5.56 Å². The van der Waals surface area contributed by atoms with Crippen LogP contribution in [0.2, 0.25) is 0 Å². The highest BCUT2D eigenvalue weighted by Crippen LogP contribution is 2.32. The fourth-order valence-electron chi connectivity index (χ4n) is 2.78. The van der Waals surface area contributed by atoms with Gasteiger partial charge in [-0.05, 0) is 61.8 Å². The van der Waals surface area contributed by atoms with Crippen molar-refractivity contribution in [1.29, 1.82) is 0 Å². The van der Waals surface area contributed by atoms with Crippen LogP contribution in [-0.4, -0.2) is 30.6 Å². The lowest BCUT2D eigenvalue weighted by atomic mass is 9.98. The highest BCUT2D eigenvalue weighted by molar-refractivity contribution is 9.10. The van der Waals surface area contributed by atoms with Gasteiger partial charge in [0.1, 0.15) is 0 Å². The summed E-state index contributed by atoms with van der Waals surface area (Å²) in [4.78, 5) is 13.2. The standard InChI is InChI=1S/C15H20BrNO2/c1-14(2)9-17(10-15(3,4)19-14)12-6-5-11(8-18)13(16)7-12/h5-8H,9-10H2,1-4H3. The van der Waals surface area contributed by atoms with Crippen molar-refractivity contribution in [3.63, 3.8) is 0 Å². The van der Waals surface area contributed by atoms with Crippen molar-refractivity contribution in [2.75, 3.05) is 18.0 Å². The first-order valence-electron chi connectivity index (χ1n) is 6.42. The van der Waals surface area contributed by atoms with Gasteiger partial charge < -0.3 is 9.64 Å². The number of carbonyl (C=O) groups excluding carboxylic acids is 1. The van der Waals surface area contributed by atoms with E-state index in [1.807, 2.05) is 18.2 Å². The average Bonchev–Trinajstić information content (AvgIpc) is 2.24. The second kappa shape index (κ2) is 4.91. The third-order valence-corrected chi connectivity index (χ3v) is 3.86. The Balaban J connectivity index is 2.31. The maximum atomic E-state index is 10.9. The Hall–Kier alpha value is -0.870. The van der Waals surface area contributed by atoms with Gasteiger partial charge in [0.25, 0.3) is 0 Å². The van der Waals surface area contributed by atoms with E-state index in [9.17, 15) is 4.79 Å². The Morgan fingerprint density at radius 3 is 2.26 bits per heavy atom. The van der Waals surface area contributed by atoms with Crippen LogP contribution in [0.3, 0.4) is 0 Å². The van der Waals surface area contributed by atoms with E-state index in [-0.39, 0.29) is 11.2 Å². The minimum Gasteiger partial charge on any atom is -0.366 e. The van der Waals surface area contributed by atoms with Gasteiger partial charge in [-0.1, -0.05) is 0 Å². The van der Waals surface area contributed by atoms with Gasteiger partial charge in [0.15, 0.2) is 6.29 Å². The summed E-state index contributed by atoms with van der Waals surface area (Å²) in [6.07, 6.45) is 0.862. The van der Waals surface area contributed by atoms with Crippen molar-refractivity contribution in [1.82, 2.24) is 0 Å². The molecule has 3 nitrogen and oxygen atoms in total. The predicted octanol–water partition coefficient (Wildman–Crippen LogP) is 3.66. The Kier molecular flexibility index (Phi) is 3.76. The molecule has 2 rings (SSSR count). The topological polar surface area (TPSA) is 29.5 Å². The molecular formula is C15H20BrNO2. The smallest absolute Gasteiger partial charge is 0.151 e. The minimum absolute atomic E-state index is 0.183. The molecule has 0 spiro atoms. The Labute approximate surface area is 123 Å². The van der Waals surface area contributed by atoms with E-state index >= 15 is 0 Å². The van der Waals surface area contributed by atoms with E-state index in [1.54, 1.807) is 0 Å². The number of aldehydes is 1. The van der Waals surface area contributed by atoms with Crippen LogP contribution in [0.1, 0.15) is 38.1 Å². The molecule has 0 saturated carbocycles. The number of ether oxygens (including phenoxy) is 1. The molecular weight excluding hydrogens is 306 g/mol. The normalized spacial score (nSPS) is 21.2. The Morgan fingerprint density at radius 2 is 1.79 bits per heavy atom. The van der Waals surface area contributed by atoms with Gasteiger partial charge in [-0.3, -0.25) is 4.79 Å².